The lowest BCUT2D eigenvalue weighted by Crippen LogP contribution is -2.36. The molecule has 1 aromatic heterocycles. The second kappa shape index (κ2) is 7.84. The molecule has 2 aromatic rings. The van der Waals surface area contributed by atoms with Crippen molar-refractivity contribution in [3.8, 4) is 16.2 Å². The van der Waals surface area contributed by atoms with Crippen molar-refractivity contribution in [3.63, 3.8) is 0 Å². The number of ether oxygens (including phenoxy) is 1. The maximum Gasteiger partial charge on any atom is 0.191 e. The van der Waals surface area contributed by atoms with Gasteiger partial charge in [0, 0.05) is 22.8 Å². The molecule has 0 spiro atoms. The lowest BCUT2D eigenvalue weighted by atomic mass is 10.2. The second-order valence-corrected chi connectivity index (χ2v) is 6.01. The molecule has 2 N–H and O–H groups in total. The number of guanidine groups is 1. The average Bonchev–Trinajstić information content (AvgIpc) is 3.03. The molecule has 22 heavy (non-hydrogen) atoms. The molecule has 1 aromatic carbocycles. The lowest BCUT2D eigenvalue weighted by molar-refractivity contribution is 0.415. The highest BCUT2D eigenvalue weighted by atomic mass is 32.1. The smallest absolute Gasteiger partial charge is 0.191 e. The molecule has 4 nitrogen and oxygen atoms in total. The normalized spacial score (nSPS) is 11.5. The fourth-order valence-electron chi connectivity index (χ4n) is 2.18. The molecule has 118 valence electrons. The molecule has 0 unspecified atom stereocenters. The van der Waals surface area contributed by atoms with Crippen molar-refractivity contribution in [2.45, 2.75) is 20.4 Å². The molecule has 2 rings (SSSR count). The van der Waals surface area contributed by atoms with Crippen LogP contribution in [0.1, 0.15) is 18.7 Å². The van der Waals surface area contributed by atoms with E-state index in [1.165, 1.54) is 15.3 Å². The maximum atomic E-state index is 6.00. The number of hydrogen-bond donors (Lipinski definition) is 1. The Morgan fingerprint density at radius 3 is 2.41 bits per heavy atom. The molecule has 0 atom stereocenters. The van der Waals surface area contributed by atoms with Crippen LogP contribution in [-0.4, -0.2) is 31.1 Å². The summed E-state index contributed by atoms with van der Waals surface area (Å²) in [6.07, 6.45) is 0. The van der Waals surface area contributed by atoms with E-state index < -0.39 is 0 Å². The summed E-state index contributed by atoms with van der Waals surface area (Å²) in [5.41, 5.74) is 7.20. The summed E-state index contributed by atoms with van der Waals surface area (Å²) >= 11 is 1.75. The summed E-state index contributed by atoms with van der Waals surface area (Å²) in [5.74, 6) is 1.49. The van der Waals surface area contributed by atoms with Crippen LogP contribution in [0, 0.1) is 0 Å². The highest BCUT2D eigenvalue weighted by Crippen LogP contribution is 2.29. The van der Waals surface area contributed by atoms with Crippen molar-refractivity contribution in [1.82, 2.24) is 4.90 Å². The summed E-state index contributed by atoms with van der Waals surface area (Å²) in [4.78, 5) is 8.98. The number of methoxy groups -OCH3 is 1. The highest BCUT2D eigenvalue weighted by Gasteiger charge is 2.05. The number of hydrogen-bond acceptors (Lipinski definition) is 3. The number of rotatable bonds is 6. The van der Waals surface area contributed by atoms with E-state index in [4.69, 9.17) is 10.5 Å². The molecule has 1 heterocycles. The summed E-state index contributed by atoms with van der Waals surface area (Å²) < 4.78 is 5.19. The molecule has 0 aliphatic rings. The van der Waals surface area contributed by atoms with Crippen LogP contribution in [-0.2, 0) is 6.54 Å². The molecule has 5 heteroatoms. The zero-order valence-electron chi connectivity index (χ0n) is 13.4. The quantitative estimate of drug-likeness (QED) is 0.654. The fourth-order valence-corrected chi connectivity index (χ4v) is 3.12. The molecule has 0 saturated heterocycles. The van der Waals surface area contributed by atoms with E-state index in [-0.39, 0.29) is 0 Å². The van der Waals surface area contributed by atoms with Crippen LogP contribution < -0.4 is 10.5 Å². The number of thiophene rings is 1. The molecule has 0 aliphatic carbocycles. The summed E-state index contributed by atoms with van der Waals surface area (Å²) in [6.45, 7) is 6.56. The minimum absolute atomic E-state index is 0.615. The second-order valence-electron chi connectivity index (χ2n) is 4.84. The number of aliphatic imine (C=N–C) groups is 1. The van der Waals surface area contributed by atoms with Crippen LogP contribution in [0.5, 0.6) is 5.75 Å². The van der Waals surface area contributed by atoms with Crippen LogP contribution in [0.2, 0.25) is 0 Å². The van der Waals surface area contributed by atoms with Crippen molar-refractivity contribution in [2.75, 3.05) is 20.2 Å². The Hall–Kier alpha value is -2.01. The Balaban J connectivity index is 2.06. The summed E-state index contributed by atoms with van der Waals surface area (Å²) in [6, 6.07) is 12.3. The Morgan fingerprint density at radius 2 is 1.82 bits per heavy atom. The number of nitrogens with two attached hydrogens (primary N) is 1. The predicted octanol–water partition coefficient (Wildman–Crippen LogP) is 3.58. The van der Waals surface area contributed by atoms with Gasteiger partial charge in [-0.1, -0.05) is 0 Å². The van der Waals surface area contributed by atoms with Crippen LogP contribution in [0.3, 0.4) is 0 Å². The Bertz CT molecular complexity index is 615. The number of nitrogens with zero attached hydrogens (tertiary/aromatic N) is 2. The first-order valence-corrected chi connectivity index (χ1v) is 8.27. The van der Waals surface area contributed by atoms with E-state index in [9.17, 15) is 0 Å². The van der Waals surface area contributed by atoms with Gasteiger partial charge in [-0.3, -0.25) is 0 Å². The van der Waals surface area contributed by atoms with Crippen molar-refractivity contribution >= 4 is 17.3 Å². The molecule has 0 bridgehead atoms. The van der Waals surface area contributed by atoms with Crippen LogP contribution in [0.15, 0.2) is 41.4 Å². The Morgan fingerprint density at radius 1 is 1.14 bits per heavy atom. The van der Waals surface area contributed by atoms with Gasteiger partial charge in [0.1, 0.15) is 5.75 Å². The van der Waals surface area contributed by atoms with E-state index >= 15 is 0 Å². The van der Waals surface area contributed by atoms with Gasteiger partial charge in [-0.05, 0) is 55.8 Å². The molecular weight excluding hydrogens is 294 g/mol. The van der Waals surface area contributed by atoms with E-state index in [0.717, 1.165) is 18.8 Å². The summed E-state index contributed by atoms with van der Waals surface area (Å²) in [7, 11) is 1.68. The third-order valence-electron chi connectivity index (χ3n) is 3.52. The average molecular weight is 317 g/mol. The topological polar surface area (TPSA) is 50.8 Å². The van der Waals surface area contributed by atoms with Gasteiger partial charge in [0.05, 0.1) is 13.7 Å². The fraction of sp³-hybridized carbons (Fsp3) is 0.353. The van der Waals surface area contributed by atoms with Gasteiger partial charge in [0.15, 0.2) is 5.96 Å². The monoisotopic (exact) mass is 317 g/mol. The van der Waals surface area contributed by atoms with E-state index in [0.29, 0.717) is 12.5 Å². The first kappa shape index (κ1) is 16.4. The predicted molar refractivity (Wildman–Crippen MR) is 94.6 cm³/mol. The molecule has 0 aliphatic heterocycles. The van der Waals surface area contributed by atoms with Gasteiger partial charge in [-0.2, -0.15) is 0 Å². The first-order chi connectivity index (χ1) is 10.7. The van der Waals surface area contributed by atoms with E-state index in [1.807, 2.05) is 12.1 Å². The molecule has 0 radical (unpaired) electrons. The minimum Gasteiger partial charge on any atom is -0.497 e. The van der Waals surface area contributed by atoms with Gasteiger partial charge < -0.3 is 15.4 Å². The van der Waals surface area contributed by atoms with Crippen molar-refractivity contribution in [3.05, 3.63) is 41.3 Å². The van der Waals surface area contributed by atoms with Crippen LogP contribution in [0.4, 0.5) is 0 Å². The lowest BCUT2D eigenvalue weighted by Gasteiger charge is -2.19. The molecule has 0 amide bonds. The Labute approximate surface area is 136 Å². The zero-order valence-corrected chi connectivity index (χ0v) is 14.2. The summed E-state index contributed by atoms with van der Waals surface area (Å²) in [5, 5.41) is 0. The maximum absolute atomic E-state index is 6.00. The van der Waals surface area contributed by atoms with E-state index in [1.54, 1.807) is 18.4 Å². The van der Waals surface area contributed by atoms with Crippen molar-refractivity contribution in [2.24, 2.45) is 10.7 Å². The standard InChI is InChI=1S/C17H23N3OS/c1-4-20(5-2)17(18)19-12-15-10-11-16(22-15)13-6-8-14(21-3)9-7-13/h6-11H,4-5,12H2,1-3H3,(H2,18,19). The SMILES string of the molecule is CCN(CC)C(N)=NCc1ccc(-c2ccc(OC)cc2)s1. The van der Waals surface area contributed by atoms with E-state index in [2.05, 4.69) is 48.0 Å². The van der Waals surface area contributed by atoms with Crippen molar-refractivity contribution in [1.29, 1.82) is 0 Å². The largest absolute Gasteiger partial charge is 0.497 e. The van der Waals surface area contributed by atoms with Gasteiger partial charge in [-0.15, -0.1) is 11.3 Å². The van der Waals surface area contributed by atoms with Gasteiger partial charge in [0.2, 0.25) is 0 Å². The minimum atomic E-state index is 0.615. The molecular formula is C17H23N3OS. The first-order valence-electron chi connectivity index (χ1n) is 7.46. The third-order valence-corrected chi connectivity index (χ3v) is 4.64. The van der Waals surface area contributed by atoms with Gasteiger partial charge in [-0.25, -0.2) is 4.99 Å². The molecule has 0 fully saturated rings. The van der Waals surface area contributed by atoms with Crippen molar-refractivity contribution < 1.29 is 4.74 Å². The molecule has 0 saturated carbocycles. The van der Waals surface area contributed by atoms with Gasteiger partial charge in [0.25, 0.3) is 0 Å². The van der Waals surface area contributed by atoms with Crippen LogP contribution >= 0.6 is 11.3 Å². The van der Waals surface area contributed by atoms with Crippen LogP contribution in [0.25, 0.3) is 10.4 Å². The Kier molecular flexibility index (Phi) is 5.83. The third kappa shape index (κ3) is 4.01. The highest BCUT2D eigenvalue weighted by molar-refractivity contribution is 7.15. The zero-order chi connectivity index (χ0) is 15.9. The number of benzene rings is 1. The van der Waals surface area contributed by atoms with Gasteiger partial charge >= 0.3 is 0 Å².